The van der Waals surface area contributed by atoms with E-state index < -0.39 is 0 Å². The van der Waals surface area contributed by atoms with Crippen LogP contribution >= 0.6 is 0 Å². The molecule has 18 heavy (non-hydrogen) atoms. The minimum atomic E-state index is -0.178. The molecule has 1 atom stereocenters. The fourth-order valence-electron chi connectivity index (χ4n) is 2.14. The number of nitrogens with one attached hydrogen (secondary N) is 1. The Kier molecular flexibility index (Phi) is 4.35. The zero-order valence-corrected chi connectivity index (χ0v) is 10.6. The van der Waals surface area contributed by atoms with Crippen LogP contribution in [0.4, 0.5) is 10.1 Å². The van der Waals surface area contributed by atoms with E-state index in [4.69, 9.17) is 0 Å². The van der Waals surface area contributed by atoms with Gasteiger partial charge in [-0.3, -0.25) is 0 Å². The highest BCUT2D eigenvalue weighted by atomic mass is 19.1. The summed E-state index contributed by atoms with van der Waals surface area (Å²) in [4.78, 5) is 0. The van der Waals surface area contributed by atoms with E-state index in [1.807, 2.05) is 0 Å². The smallest absolute Gasteiger partial charge is 0.123 e. The van der Waals surface area contributed by atoms with Gasteiger partial charge in [-0.05, 0) is 30.2 Å². The molecule has 1 aliphatic rings. The summed E-state index contributed by atoms with van der Waals surface area (Å²) in [6.07, 6.45) is 1.24. The average molecular weight is 243 g/mol. The second-order valence-electron chi connectivity index (χ2n) is 4.37. The van der Waals surface area contributed by atoms with Gasteiger partial charge in [-0.1, -0.05) is 43.3 Å². The van der Waals surface area contributed by atoms with Crippen molar-refractivity contribution in [1.82, 2.24) is 0 Å². The maximum absolute atomic E-state index is 11.9. The summed E-state index contributed by atoms with van der Waals surface area (Å²) >= 11 is 0. The van der Waals surface area contributed by atoms with Crippen LogP contribution in [0.5, 0.6) is 0 Å². The molecule has 1 N–H and O–H groups in total. The van der Waals surface area contributed by atoms with Crippen molar-refractivity contribution in [3.05, 3.63) is 66.0 Å². The zero-order valence-electron chi connectivity index (χ0n) is 10.6. The predicted octanol–water partition coefficient (Wildman–Crippen LogP) is 4.43. The quantitative estimate of drug-likeness (QED) is 0.781. The van der Waals surface area contributed by atoms with Gasteiger partial charge in [0.1, 0.15) is 5.82 Å². The molecule has 0 saturated carbocycles. The van der Waals surface area contributed by atoms with Gasteiger partial charge in [0.25, 0.3) is 0 Å². The number of para-hydroxylation sites is 1. The summed E-state index contributed by atoms with van der Waals surface area (Å²) in [6, 6.07) is 16.5. The van der Waals surface area contributed by atoms with E-state index in [0.29, 0.717) is 0 Å². The molecule has 1 aliphatic heterocycles. The van der Waals surface area contributed by atoms with E-state index in [0.717, 1.165) is 12.5 Å². The van der Waals surface area contributed by atoms with Gasteiger partial charge in [0.05, 0.1) is 0 Å². The molecular weight excluding hydrogens is 225 g/mol. The molecule has 0 aliphatic carbocycles. The van der Waals surface area contributed by atoms with Crippen LogP contribution in [0.3, 0.4) is 0 Å². The van der Waals surface area contributed by atoms with Crippen LogP contribution in [0, 0.1) is 5.82 Å². The summed E-state index contributed by atoms with van der Waals surface area (Å²) in [5.41, 5.74) is 2.83. The Balaban J connectivity index is 0.000000149. The highest BCUT2D eigenvalue weighted by Crippen LogP contribution is 2.32. The highest BCUT2D eigenvalue weighted by Gasteiger charge is 2.18. The Bertz CT molecular complexity index is 481. The molecule has 3 rings (SSSR count). The fraction of sp³-hybridized carbons (Fsp3) is 0.250. The molecule has 0 aromatic heterocycles. The van der Waals surface area contributed by atoms with Gasteiger partial charge in [0.2, 0.25) is 0 Å². The molecule has 0 amide bonds. The van der Waals surface area contributed by atoms with Crippen LogP contribution < -0.4 is 5.32 Å². The Morgan fingerprint density at radius 3 is 2.33 bits per heavy atom. The average Bonchev–Trinajstić information content (AvgIpc) is 2.83. The summed E-state index contributed by atoms with van der Waals surface area (Å²) in [5.74, 6) is 0.564. The van der Waals surface area contributed by atoms with Crippen molar-refractivity contribution in [2.75, 3.05) is 11.9 Å². The molecule has 0 fully saturated rings. The first kappa shape index (κ1) is 12.6. The molecular formula is C16H18FN. The molecule has 1 heterocycles. The van der Waals surface area contributed by atoms with E-state index in [9.17, 15) is 4.39 Å². The molecule has 1 unspecified atom stereocenters. The first-order chi connectivity index (χ1) is 8.81. The van der Waals surface area contributed by atoms with Gasteiger partial charge in [-0.2, -0.15) is 0 Å². The third kappa shape index (κ3) is 3.10. The molecule has 1 nitrogen and oxygen atoms in total. The standard InChI is InChI=1S/C10H13N.C6H5F/c1-2-8-7-11-10-6-4-3-5-9(8)10;7-6-4-2-1-3-5-6/h3-6,8,11H,2,7H2,1H3;1-5H. The topological polar surface area (TPSA) is 12.0 Å². The van der Waals surface area contributed by atoms with Crippen molar-refractivity contribution in [3.63, 3.8) is 0 Å². The largest absolute Gasteiger partial charge is 0.384 e. The van der Waals surface area contributed by atoms with Crippen molar-refractivity contribution in [3.8, 4) is 0 Å². The summed E-state index contributed by atoms with van der Waals surface area (Å²) < 4.78 is 11.9. The number of hydrogen-bond donors (Lipinski definition) is 1. The number of halogens is 1. The van der Waals surface area contributed by atoms with Gasteiger partial charge in [0, 0.05) is 18.2 Å². The van der Waals surface area contributed by atoms with Crippen LogP contribution in [0.15, 0.2) is 54.6 Å². The van der Waals surface area contributed by atoms with Gasteiger partial charge < -0.3 is 5.32 Å². The predicted molar refractivity (Wildman–Crippen MR) is 74.4 cm³/mol. The van der Waals surface area contributed by atoms with E-state index >= 15 is 0 Å². The van der Waals surface area contributed by atoms with Crippen molar-refractivity contribution in [1.29, 1.82) is 0 Å². The first-order valence-corrected chi connectivity index (χ1v) is 6.34. The van der Waals surface area contributed by atoms with Crippen LogP contribution in [-0.2, 0) is 0 Å². The van der Waals surface area contributed by atoms with E-state index in [-0.39, 0.29) is 5.82 Å². The molecule has 0 radical (unpaired) electrons. The normalized spacial score (nSPS) is 16.2. The molecule has 2 heteroatoms. The lowest BCUT2D eigenvalue weighted by molar-refractivity contribution is 0.628. The van der Waals surface area contributed by atoms with Gasteiger partial charge in [0.15, 0.2) is 0 Å². The van der Waals surface area contributed by atoms with Crippen LogP contribution in [0.25, 0.3) is 0 Å². The van der Waals surface area contributed by atoms with Gasteiger partial charge in [-0.25, -0.2) is 4.39 Å². The van der Waals surface area contributed by atoms with Crippen molar-refractivity contribution in [2.45, 2.75) is 19.3 Å². The SMILES string of the molecule is CCC1CNc2ccccc21.Fc1ccccc1. The molecule has 0 spiro atoms. The number of anilines is 1. The Morgan fingerprint density at radius 1 is 1.06 bits per heavy atom. The molecule has 2 aromatic carbocycles. The highest BCUT2D eigenvalue weighted by molar-refractivity contribution is 5.57. The molecule has 0 bridgehead atoms. The third-order valence-electron chi connectivity index (χ3n) is 3.17. The van der Waals surface area contributed by atoms with E-state index in [1.165, 1.54) is 29.8 Å². The number of hydrogen-bond acceptors (Lipinski definition) is 1. The Hall–Kier alpha value is -1.83. The zero-order chi connectivity index (χ0) is 12.8. The number of benzene rings is 2. The fourth-order valence-corrected chi connectivity index (χ4v) is 2.14. The lowest BCUT2D eigenvalue weighted by Crippen LogP contribution is -1.99. The summed E-state index contributed by atoms with van der Waals surface area (Å²) in [6.45, 7) is 3.37. The summed E-state index contributed by atoms with van der Waals surface area (Å²) in [7, 11) is 0. The monoisotopic (exact) mass is 243 g/mol. The van der Waals surface area contributed by atoms with Gasteiger partial charge >= 0.3 is 0 Å². The van der Waals surface area contributed by atoms with E-state index in [2.05, 4.69) is 36.5 Å². The van der Waals surface area contributed by atoms with Crippen molar-refractivity contribution < 1.29 is 4.39 Å². The Morgan fingerprint density at radius 2 is 1.72 bits per heavy atom. The second-order valence-corrected chi connectivity index (χ2v) is 4.37. The lowest BCUT2D eigenvalue weighted by atomic mass is 9.99. The minimum Gasteiger partial charge on any atom is -0.384 e. The molecule has 94 valence electrons. The van der Waals surface area contributed by atoms with E-state index in [1.54, 1.807) is 18.2 Å². The van der Waals surface area contributed by atoms with Crippen LogP contribution in [-0.4, -0.2) is 6.54 Å². The molecule has 2 aromatic rings. The number of rotatable bonds is 1. The third-order valence-corrected chi connectivity index (χ3v) is 3.17. The first-order valence-electron chi connectivity index (χ1n) is 6.34. The summed E-state index contributed by atoms with van der Waals surface area (Å²) in [5, 5.41) is 3.40. The van der Waals surface area contributed by atoms with Gasteiger partial charge in [-0.15, -0.1) is 0 Å². The molecule has 0 saturated heterocycles. The maximum Gasteiger partial charge on any atom is 0.123 e. The van der Waals surface area contributed by atoms with Crippen molar-refractivity contribution in [2.24, 2.45) is 0 Å². The minimum absolute atomic E-state index is 0.178. The second kappa shape index (κ2) is 6.20. The van der Waals surface area contributed by atoms with Crippen molar-refractivity contribution >= 4 is 5.69 Å². The van der Waals surface area contributed by atoms with Crippen LogP contribution in [0.1, 0.15) is 24.8 Å². The van der Waals surface area contributed by atoms with Crippen LogP contribution in [0.2, 0.25) is 0 Å². The number of fused-ring (bicyclic) bond motifs is 1. The Labute approximate surface area is 108 Å². The lowest BCUT2D eigenvalue weighted by Gasteiger charge is -2.04. The maximum atomic E-state index is 11.9.